The highest BCUT2D eigenvalue weighted by atomic mass is 16.5. The van der Waals surface area contributed by atoms with E-state index in [1.807, 2.05) is 6.92 Å². The minimum atomic E-state index is -0.485. The number of ether oxygens (including phenoxy) is 1. The number of aliphatic hydroxyl groups is 1. The Morgan fingerprint density at radius 2 is 2.46 bits per heavy atom. The minimum absolute atomic E-state index is 0.0625. The smallest absolute Gasteiger partial charge is 0.315 e. The van der Waals surface area contributed by atoms with Gasteiger partial charge < -0.3 is 20.5 Å². The molecule has 13 heavy (non-hydrogen) atoms. The van der Waals surface area contributed by atoms with Crippen molar-refractivity contribution in [3.8, 4) is 0 Å². The van der Waals surface area contributed by atoms with Crippen LogP contribution in [0.15, 0.2) is 0 Å². The van der Waals surface area contributed by atoms with E-state index in [2.05, 4.69) is 0 Å². The standard InChI is InChI=1S/C8H16N2O3/c1-2-13-5-6-3-7(11)4-10(6)8(9)12/h6-7,11H,2-5H2,1H3,(H2,9,12). The summed E-state index contributed by atoms with van der Waals surface area (Å²) in [6.45, 7) is 3.28. The molecule has 0 spiro atoms. The van der Waals surface area contributed by atoms with E-state index < -0.39 is 12.1 Å². The number of likely N-dealkylation sites (tertiary alicyclic amines) is 1. The van der Waals surface area contributed by atoms with E-state index in [-0.39, 0.29) is 6.04 Å². The average molecular weight is 188 g/mol. The molecule has 1 aliphatic rings. The van der Waals surface area contributed by atoms with E-state index in [4.69, 9.17) is 10.5 Å². The van der Waals surface area contributed by atoms with E-state index in [9.17, 15) is 9.90 Å². The summed E-state index contributed by atoms with van der Waals surface area (Å²) < 4.78 is 5.19. The van der Waals surface area contributed by atoms with Gasteiger partial charge in [-0.25, -0.2) is 4.79 Å². The van der Waals surface area contributed by atoms with Crippen molar-refractivity contribution in [3.63, 3.8) is 0 Å². The zero-order valence-corrected chi connectivity index (χ0v) is 7.77. The van der Waals surface area contributed by atoms with Gasteiger partial charge in [0.15, 0.2) is 0 Å². The Bertz CT molecular complexity index is 186. The molecule has 2 amide bonds. The van der Waals surface area contributed by atoms with Crippen LogP contribution in [0.3, 0.4) is 0 Å². The van der Waals surface area contributed by atoms with Crippen LogP contribution in [0.25, 0.3) is 0 Å². The van der Waals surface area contributed by atoms with Gasteiger partial charge >= 0.3 is 6.03 Å². The molecule has 0 radical (unpaired) electrons. The molecule has 2 atom stereocenters. The van der Waals surface area contributed by atoms with Crippen LogP contribution in [0.2, 0.25) is 0 Å². The maximum atomic E-state index is 10.9. The molecule has 2 unspecified atom stereocenters. The Kier molecular flexibility index (Phi) is 3.50. The third-order valence-electron chi connectivity index (χ3n) is 2.19. The number of hydrogen-bond acceptors (Lipinski definition) is 3. The number of amides is 2. The van der Waals surface area contributed by atoms with E-state index >= 15 is 0 Å². The van der Waals surface area contributed by atoms with E-state index in [1.54, 1.807) is 0 Å². The molecule has 1 rings (SSSR count). The third kappa shape index (κ3) is 2.57. The maximum Gasteiger partial charge on any atom is 0.315 e. The van der Waals surface area contributed by atoms with Gasteiger partial charge in [-0.3, -0.25) is 0 Å². The normalized spacial score (nSPS) is 28.0. The Morgan fingerprint density at radius 1 is 1.77 bits per heavy atom. The lowest BCUT2D eigenvalue weighted by molar-refractivity contribution is 0.0957. The summed E-state index contributed by atoms with van der Waals surface area (Å²) in [6, 6.07) is -0.547. The van der Waals surface area contributed by atoms with Crippen molar-refractivity contribution >= 4 is 6.03 Å². The third-order valence-corrected chi connectivity index (χ3v) is 2.19. The van der Waals surface area contributed by atoms with E-state index in [0.29, 0.717) is 26.2 Å². The highest BCUT2D eigenvalue weighted by Gasteiger charge is 2.32. The second kappa shape index (κ2) is 4.43. The first-order chi connectivity index (χ1) is 6.15. The molecular weight excluding hydrogens is 172 g/mol. The lowest BCUT2D eigenvalue weighted by Gasteiger charge is -2.21. The number of β-amino-alcohol motifs (C(OH)–C–C–N with tert-alkyl or cyclic N) is 1. The lowest BCUT2D eigenvalue weighted by atomic mass is 10.2. The summed E-state index contributed by atoms with van der Waals surface area (Å²) in [6.07, 6.45) is 0.0982. The highest BCUT2D eigenvalue weighted by molar-refractivity contribution is 5.72. The predicted octanol–water partition coefficient (Wildman–Crippen LogP) is -0.463. The molecule has 76 valence electrons. The molecule has 1 heterocycles. The molecule has 0 aromatic carbocycles. The molecule has 5 heteroatoms. The highest BCUT2D eigenvalue weighted by Crippen LogP contribution is 2.17. The fourth-order valence-corrected chi connectivity index (χ4v) is 1.57. The number of nitrogens with two attached hydrogens (primary N) is 1. The van der Waals surface area contributed by atoms with Gasteiger partial charge in [-0.2, -0.15) is 0 Å². The molecule has 0 aromatic heterocycles. The Morgan fingerprint density at radius 3 is 3.00 bits per heavy atom. The number of urea groups is 1. The molecule has 0 saturated carbocycles. The van der Waals surface area contributed by atoms with Crippen LogP contribution in [0.5, 0.6) is 0 Å². The van der Waals surface area contributed by atoms with Crippen LogP contribution in [0, 0.1) is 0 Å². The Balaban J connectivity index is 2.45. The summed E-state index contributed by atoms with van der Waals surface area (Å²) in [5.41, 5.74) is 5.14. The second-order valence-corrected chi connectivity index (χ2v) is 3.19. The number of rotatable bonds is 3. The Hall–Kier alpha value is -0.810. The summed E-state index contributed by atoms with van der Waals surface area (Å²) in [5.74, 6) is 0. The first-order valence-corrected chi connectivity index (χ1v) is 4.47. The van der Waals surface area contributed by atoms with Gasteiger partial charge in [0.2, 0.25) is 0 Å². The first-order valence-electron chi connectivity index (χ1n) is 4.47. The van der Waals surface area contributed by atoms with Crippen molar-refractivity contribution in [1.82, 2.24) is 4.90 Å². The molecule has 0 aliphatic carbocycles. The number of hydrogen-bond donors (Lipinski definition) is 2. The van der Waals surface area contributed by atoms with E-state index in [1.165, 1.54) is 4.90 Å². The molecule has 0 aromatic rings. The van der Waals surface area contributed by atoms with Crippen molar-refractivity contribution in [2.24, 2.45) is 5.73 Å². The number of carbonyl (C=O) groups excluding carboxylic acids is 1. The van der Waals surface area contributed by atoms with Crippen LogP contribution < -0.4 is 5.73 Å². The van der Waals surface area contributed by atoms with Crippen molar-refractivity contribution in [3.05, 3.63) is 0 Å². The summed E-state index contributed by atoms with van der Waals surface area (Å²) in [5, 5.41) is 9.31. The topological polar surface area (TPSA) is 75.8 Å². The second-order valence-electron chi connectivity index (χ2n) is 3.19. The van der Waals surface area contributed by atoms with Crippen LogP contribution in [0.4, 0.5) is 4.79 Å². The van der Waals surface area contributed by atoms with Gasteiger partial charge in [-0.1, -0.05) is 0 Å². The SMILES string of the molecule is CCOCC1CC(O)CN1C(N)=O. The average Bonchev–Trinajstić information content (AvgIpc) is 2.43. The number of aliphatic hydroxyl groups excluding tert-OH is 1. The van der Waals surface area contributed by atoms with Gasteiger partial charge in [-0.15, -0.1) is 0 Å². The lowest BCUT2D eigenvalue weighted by Crippen LogP contribution is -2.41. The molecule has 0 bridgehead atoms. The van der Waals surface area contributed by atoms with Crippen molar-refractivity contribution in [2.75, 3.05) is 19.8 Å². The fourth-order valence-electron chi connectivity index (χ4n) is 1.57. The number of carbonyl (C=O) groups is 1. The van der Waals surface area contributed by atoms with Crippen LogP contribution >= 0.6 is 0 Å². The zero-order chi connectivity index (χ0) is 9.84. The van der Waals surface area contributed by atoms with Crippen LogP contribution in [-0.2, 0) is 4.74 Å². The molecule has 3 N–H and O–H groups in total. The number of nitrogens with zero attached hydrogens (tertiary/aromatic N) is 1. The Labute approximate surface area is 77.5 Å². The molecule has 1 fully saturated rings. The fraction of sp³-hybridized carbons (Fsp3) is 0.875. The summed E-state index contributed by atoms with van der Waals surface area (Å²) in [7, 11) is 0. The van der Waals surface area contributed by atoms with Gasteiger partial charge in [0.25, 0.3) is 0 Å². The minimum Gasteiger partial charge on any atom is -0.391 e. The monoisotopic (exact) mass is 188 g/mol. The van der Waals surface area contributed by atoms with Crippen molar-refractivity contribution in [2.45, 2.75) is 25.5 Å². The van der Waals surface area contributed by atoms with Gasteiger partial charge in [0.05, 0.1) is 18.8 Å². The van der Waals surface area contributed by atoms with Crippen LogP contribution in [0.1, 0.15) is 13.3 Å². The molecule has 1 aliphatic heterocycles. The van der Waals surface area contributed by atoms with Crippen molar-refractivity contribution < 1.29 is 14.6 Å². The molecular formula is C8H16N2O3. The van der Waals surface area contributed by atoms with Gasteiger partial charge in [0.1, 0.15) is 0 Å². The zero-order valence-electron chi connectivity index (χ0n) is 7.77. The predicted molar refractivity (Wildman–Crippen MR) is 47.2 cm³/mol. The molecule has 5 nitrogen and oxygen atoms in total. The largest absolute Gasteiger partial charge is 0.391 e. The maximum absolute atomic E-state index is 10.9. The summed E-state index contributed by atoms with van der Waals surface area (Å²) in [4.78, 5) is 12.4. The quantitative estimate of drug-likeness (QED) is 0.629. The van der Waals surface area contributed by atoms with Gasteiger partial charge in [0, 0.05) is 13.2 Å². The van der Waals surface area contributed by atoms with Gasteiger partial charge in [-0.05, 0) is 13.3 Å². The van der Waals surface area contributed by atoms with Crippen LogP contribution in [-0.4, -0.2) is 47.9 Å². The molecule has 1 saturated heterocycles. The first kappa shape index (κ1) is 10.3. The number of primary amides is 1. The van der Waals surface area contributed by atoms with Crippen molar-refractivity contribution in [1.29, 1.82) is 0 Å². The summed E-state index contributed by atoms with van der Waals surface area (Å²) >= 11 is 0. The van der Waals surface area contributed by atoms with E-state index in [0.717, 1.165) is 0 Å².